The van der Waals surface area contributed by atoms with Crippen LogP contribution in [0.15, 0.2) is 83.6 Å². The zero-order chi connectivity index (χ0) is 21.0. The molecule has 0 radical (unpaired) electrons. The Balaban J connectivity index is 1.42. The van der Waals surface area contributed by atoms with E-state index >= 15 is 0 Å². The molecule has 0 aliphatic heterocycles. The Hall–Kier alpha value is -3.97. The summed E-state index contributed by atoms with van der Waals surface area (Å²) in [4.78, 5) is 0. The molecule has 0 fully saturated rings. The van der Waals surface area contributed by atoms with Crippen molar-refractivity contribution in [2.75, 3.05) is 7.11 Å². The van der Waals surface area contributed by atoms with Gasteiger partial charge in [-0.15, -0.1) is 0 Å². The molecule has 0 spiro atoms. The first-order valence-electron chi connectivity index (χ1n) is 10.0. The van der Waals surface area contributed by atoms with E-state index in [4.69, 9.17) is 14.5 Å². The lowest BCUT2D eigenvalue weighted by molar-refractivity contribution is 0.315. The molecule has 2 heterocycles. The number of nitrogens with one attached hydrogen (secondary N) is 1. The van der Waals surface area contributed by atoms with E-state index in [1.807, 2.05) is 71.4 Å². The summed E-state index contributed by atoms with van der Waals surface area (Å²) in [6, 6.07) is 24.0. The molecule has 0 aliphatic rings. The molecular weight excluding hydrogens is 390 g/mol. The van der Waals surface area contributed by atoms with E-state index in [-0.39, 0.29) is 0 Å². The molecular formula is C24H21N5O2. The van der Waals surface area contributed by atoms with E-state index < -0.39 is 0 Å². The van der Waals surface area contributed by atoms with Gasteiger partial charge in [0, 0.05) is 30.4 Å². The molecule has 1 N–H and O–H groups in total. The third kappa shape index (κ3) is 4.04. The second kappa shape index (κ2) is 8.41. The zero-order valence-corrected chi connectivity index (χ0v) is 17.0. The molecule has 0 atom stereocenters. The van der Waals surface area contributed by atoms with Crippen LogP contribution in [-0.2, 0) is 13.1 Å². The summed E-state index contributed by atoms with van der Waals surface area (Å²) >= 11 is 0. The maximum Gasteiger partial charge on any atom is 0.135 e. The molecule has 0 bridgehead atoms. The highest BCUT2D eigenvalue weighted by Crippen LogP contribution is 2.27. The van der Waals surface area contributed by atoms with Crippen molar-refractivity contribution in [1.29, 1.82) is 0 Å². The van der Waals surface area contributed by atoms with Crippen LogP contribution in [0.25, 0.3) is 28.0 Å². The Labute approximate surface area is 179 Å². The molecule has 7 nitrogen and oxygen atoms in total. The van der Waals surface area contributed by atoms with Gasteiger partial charge >= 0.3 is 0 Å². The Morgan fingerprint density at radius 2 is 1.77 bits per heavy atom. The van der Waals surface area contributed by atoms with Crippen molar-refractivity contribution >= 4 is 11.0 Å². The van der Waals surface area contributed by atoms with Crippen LogP contribution in [-0.4, -0.2) is 27.2 Å². The van der Waals surface area contributed by atoms with Gasteiger partial charge in [-0.25, -0.2) is 9.31 Å². The average molecular weight is 411 g/mol. The minimum Gasteiger partial charge on any atom is -0.497 e. The van der Waals surface area contributed by atoms with E-state index in [2.05, 4.69) is 27.9 Å². The summed E-state index contributed by atoms with van der Waals surface area (Å²) in [5.41, 5.74) is 6.68. The second-order valence-corrected chi connectivity index (χ2v) is 7.21. The molecule has 2 aromatic heterocycles. The largest absolute Gasteiger partial charge is 0.497 e. The molecule has 31 heavy (non-hydrogen) atoms. The number of aromatic nitrogens is 4. The highest BCUT2D eigenvalue weighted by Gasteiger charge is 2.13. The lowest BCUT2D eigenvalue weighted by Gasteiger charge is -2.07. The van der Waals surface area contributed by atoms with Crippen LogP contribution < -0.4 is 10.1 Å². The first-order valence-corrected chi connectivity index (χ1v) is 10.0. The number of methoxy groups -OCH3 is 1. The van der Waals surface area contributed by atoms with E-state index in [9.17, 15) is 0 Å². The van der Waals surface area contributed by atoms with Crippen LogP contribution in [0.1, 0.15) is 11.1 Å². The van der Waals surface area contributed by atoms with E-state index in [1.54, 1.807) is 7.11 Å². The van der Waals surface area contributed by atoms with Crippen molar-refractivity contribution in [2.45, 2.75) is 13.1 Å². The van der Waals surface area contributed by atoms with Gasteiger partial charge in [0.05, 0.1) is 18.5 Å². The predicted molar refractivity (Wildman–Crippen MR) is 118 cm³/mol. The van der Waals surface area contributed by atoms with Crippen LogP contribution in [0, 0.1) is 0 Å². The fraction of sp³-hybridized carbons (Fsp3) is 0.125. The molecule has 0 amide bonds. The molecule has 5 rings (SSSR count). The summed E-state index contributed by atoms with van der Waals surface area (Å²) in [6.07, 6.45) is 2.07. The van der Waals surface area contributed by atoms with Gasteiger partial charge in [-0.05, 0) is 52.3 Å². The Morgan fingerprint density at radius 1 is 0.903 bits per heavy atom. The molecule has 3 aromatic carbocycles. The SMILES string of the molecule is COc1cccc(-c2nn(-c3ccccc3)cc2CNCc2ccc3nonc3c2)c1. The summed E-state index contributed by atoms with van der Waals surface area (Å²) in [6.45, 7) is 1.35. The monoisotopic (exact) mass is 411 g/mol. The smallest absolute Gasteiger partial charge is 0.135 e. The predicted octanol–water partition coefficient (Wildman–Crippen LogP) is 4.37. The van der Waals surface area contributed by atoms with Gasteiger partial charge in [-0.2, -0.15) is 5.10 Å². The second-order valence-electron chi connectivity index (χ2n) is 7.21. The summed E-state index contributed by atoms with van der Waals surface area (Å²) in [5, 5.41) is 16.2. The number of para-hydroxylation sites is 1. The first-order chi connectivity index (χ1) is 15.3. The minimum atomic E-state index is 0.661. The summed E-state index contributed by atoms with van der Waals surface area (Å²) < 4.78 is 12.1. The Kier molecular flexibility index (Phi) is 5.16. The van der Waals surface area contributed by atoms with Gasteiger partial charge in [0.15, 0.2) is 0 Å². The minimum absolute atomic E-state index is 0.661. The van der Waals surface area contributed by atoms with Crippen molar-refractivity contribution < 1.29 is 9.37 Å². The lowest BCUT2D eigenvalue weighted by atomic mass is 10.1. The van der Waals surface area contributed by atoms with Crippen molar-refractivity contribution in [3.05, 3.63) is 90.1 Å². The third-order valence-electron chi connectivity index (χ3n) is 5.12. The summed E-state index contributed by atoms with van der Waals surface area (Å²) in [5.74, 6) is 0.806. The van der Waals surface area contributed by atoms with Gasteiger partial charge in [0.1, 0.15) is 16.8 Å². The molecule has 154 valence electrons. The van der Waals surface area contributed by atoms with Crippen molar-refractivity contribution in [3.63, 3.8) is 0 Å². The topological polar surface area (TPSA) is 78.0 Å². The van der Waals surface area contributed by atoms with Gasteiger partial charge in [-0.1, -0.05) is 36.4 Å². The van der Waals surface area contributed by atoms with E-state index in [0.29, 0.717) is 13.1 Å². The number of fused-ring (bicyclic) bond motifs is 1. The molecule has 0 saturated carbocycles. The van der Waals surface area contributed by atoms with Crippen LogP contribution in [0.5, 0.6) is 5.75 Å². The number of hydrogen-bond acceptors (Lipinski definition) is 6. The van der Waals surface area contributed by atoms with Crippen molar-refractivity contribution in [3.8, 4) is 22.7 Å². The Morgan fingerprint density at radius 3 is 2.65 bits per heavy atom. The number of benzene rings is 3. The highest BCUT2D eigenvalue weighted by atomic mass is 16.6. The van der Waals surface area contributed by atoms with Crippen LogP contribution in [0.2, 0.25) is 0 Å². The number of hydrogen-bond donors (Lipinski definition) is 1. The fourth-order valence-corrected chi connectivity index (χ4v) is 3.54. The number of rotatable bonds is 7. The molecule has 7 heteroatoms. The average Bonchev–Trinajstić information content (AvgIpc) is 3.46. The van der Waals surface area contributed by atoms with Gasteiger partial charge in [0.25, 0.3) is 0 Å². The maximum atomic E-state index is 5.41. The van der Waals surface area contributed by atoms with E-state index in [1.165, 1.54) is 0 Å². The molecule has 0 aliphatic carbocycles. The molecule has 0 saturated heterocycles. The quantitative estimate of drug-likeness (QED) is 0.428. The maximum absolute atomic E-state index is 5.41. The van der Waals surface area contributed by atoms with Crippen LogP contribution in [0.4, 0.5) is 0 Å². The van der Waals surface area contributed by atoms with Crippen molar-refractivity contribution in [1.82, 2.24) is 25.4 Å². The van der Waals surface area contributed by atoms with Crippen molar-refractivity contribution in [2.24, 2.45) is 0 Å². The van der Waals surface area contributed by atoms with Gasteiger partial charge in [0.2, 0.25) is 0 Å². The lowest BCUT2D eigenvalue weighted by Crippen LogP contribution is -2.12. The zero-order valence-electron chi connectivity index (χ0n) is 17.0. The van der Waals surface area contributed by atoms with Gasteiger partial charge in [-0.3, -0.25) is 0 Å². The third-order valence-corrected chi connectivity index (χ3v) is 5.12. The number of ether oxygens (including phenoxy) is 1. The van der Waals surface area contributed by atoms with Gasteiger partial charge < -0.3 is 10.1 Å². The fourth-order valence-electron chi connectivity index (χ4n) is 3.54. The standard InChI is InChI=1S/C24H21N5O2/c1-30-21-9-5-6-18(13-21)24-19(16-29(26-24)20-7-3-2-4-8-20)15-25-14-17-10-11-22-23(12-17)28-31-27-22/h2-13,16,25H,14-15H2,1H3. The Bertz CT molecular complexity index is 1310. The molecule has 0 unspecified atom stereocenters. The summed E-state index contributed by atoms with van der Waals surface area (Å²) in [7, 11) is 1.67. The highest BCUT2D eigenvalue weighted by molar-refractivity contribution is 5.73. The van der Waals surface area contributed by atoms with Crippen LogP contribution in [0.3, 0.4) is 0 Å². The van der Waals surface area contributed by atoms with Crippen LogP contribution >= 0.6 is 0 Å². The van der Waals surface area contributed by atoms with E-state index in [0.717, 1.165) is 44.9 Å². The number of nitrogens with zero attached hydrogens (tertiary/aromatic N) is 4. The molecule has 5 aromatic rings. The normalized spacial score (nSPS) is 11.1. The first kappa shape index (κ1) is 19.0.